The van der Waals surface area contributed by atoms with E-state index in [0.717, 1.165) is 35.9 Å². The molecule has 2 heterocycles. The Morgan fingerprint density at radius 1 is 1.20 bits per heavy atom. The van der Waals surface area contributed by atoms with Gasteiger partial charge in [-0.15, -0.1) is 11.3 Å². The number of nitrogens with zero attached hydrogens (tertiary/aromatic N) is 2. The molecule has 2 aromatic heterocycles. The Hall–Kier alpha value is -1.98. The van der Waals surface area contributed by atoms with Crippen LogP contribution in [-0.2, 0) is 13.0 Å². The summed E-state index contributed by atoms with van der Waals surface area (Å²) in [5.41, 5.74) is 3.38. The Balaban J connectivity index is 1.50. The first-order valence-electron chi connectivity index (χ1n) is 6.59. The molecule has 0 spiro atoms. The Kier molecular flexibility index (Phi) is 4.20. The van der Waals surface area contributed by atoms with Gasteiger partial charge < -0.3 is 10.3 Å². The second-order valence-corrected chi connectivity index (χ2v) is 5.44. The summed E-state index contributed by atoms with van der Waals surface area (Å²) in [6.45, 7) is 1.73. The Morgan fingerprint density at radius 3 is 2.90 bits per heavy atom. The molecular formula is C15H16N4S. The molecule has 0 radical (unpaired) electrons. The van der Waals surface area contributed by atoms with E-state index in [1.54, 1.807) is 17.7 Å². The van der Waals surface area contributed by atoms with Crippen LogP contribution in [0.3, 0.4) is 0 Å². The van der Waals surface area contributed by atoms with Gasteiger partial charge in [0.15, 0.2) is 0 Å². The highest BCUT2D eigenvalue weighted by Gasteiger charge is 2.03. The van der Waals surface area contributed by atoms with Gasteiger partial charge in [0.25, 0.3) is 0 Å². The zero-order chi connectivity index (χ0) is 13.6. The summed E-state index contributed by atoms with van der Waals surface area (Å²) >= 11 is 1.70. The molecule has 0 aliphatic carbocycles. The molecule has 0 amide bonds. The SMILES string of the molecule is c1ccc(-c2csc(CNCCc3cnc[nH]3)n2)cc1. The number of hydrogen-bond acceptors (Lipinski definition) is 4. The summed E-state index contributed by atoms with van der Waals surface area (Å²) in [7, 11) is 0. The van der Waals surface area contributed by atoms with E-state index in [2.05, 4.69) is 37.8 Å². The monoisotopic (exact) mass is 284 g/mol. The van der Waals surface area contributed by atoms with Crippen molar-refractivity contribution in [3.63, 3.8) is 0 Å². The molecule has 102 valence electrons. The molecule has 0 aliphatic heterocycles. The lowest BCUT2D eigenvalue weighted by molar-refractivity contribution is 0.679. The number of aromatic nitrogens is 3. The number of imidazole rings is 1. The van der Waals surface area contributed by atoms with Gasteiger partial charge in [-0.25, -0.2) is 9.97 Å². The molecule has 0 fully saturated rings. The van der Waals surface area contributed by atoms with Gasteiger partial charge >= 0.3 is 0 Å². The molecule has 0 saturated carbocycles. The molecule has 20 heavy (non-hydrogen) atoms. The van der Waals surface area contributed by atoms with Crippen molar-refractivity contribution in [3.05, 3.63) is 58.9 Å². The summed E-state index contributed by atoms with van der Waals surface area (Å²) in [4.78, 5) is 11.8. The summed E-state index contributed by atoms with van der Waals surface area (Å²) in [5, 5.41) is 6.64. The zero-order valence-corrected chi connectivity index (χ0v) is 11.9. The molecular weight excluding hydrogens is 268 g/mol. The van der Waals surface area contributed by atoms with Crippen molar-refractivity contribution in [3.8, 4) is 11.3 Å². The fourth-order valence-electron chi connectivity index (χ4n) is 1.97. The van der Waals surface area contributed by atoms with Gasteiger partial charge in [0.2, 0.25) is 0 Å². The first kappa shape index (κ1) is 13.0. The van der Waals surface area contributed by atoms with Crippen molar-refractivity contribution in [2.45, 2.75) is 13.0 Å². The van der Waals surface area contributed by atoms with Crippen LogP contribution in [0, 0.1) is 0 Å². The third kappa shape index (κ3) is 3.31. The molecule has 1 aromatic carbocycles. The lowest BCUT2D eigenvalue weighted by atomic mass is 10.2. The fraction of sp³-hybridized carbons (Fsp3) is 0.200. The van der Waals surface area contributed by atoms with Crippen molar-refractivity contribution in [1.82, 2.24) is 20.3 Å². The van der Waals surface area contributed by atoms with E-state index in [9.17, 15) is 0 Å². The third-order valence-electron chi connectivity index (χ3n) is 3.02. The molecule has 0 atom stereocenters. The molecule has 4 nitrogen and oxygen atoms in total. The van der Waals surface area contributed by atoms with E-state index in [1.807, 2.05) is 24.4 Å². The minimum absolute atomic E-state index is 0.811. The highest BCUT2D eigenvalue weighted by atomic mass is 32.1. The van der Waals surface area contributed by atoms with Gasteiger partial charge in [0.1, 0.15) is 5.01 Å². The third-order valence-corrected chi connectivity index (χ3v) is 3.87. The summed E-state index contributed by atoms with van der Waals surface area (Å²) < 4.78 is 0. The van der Waals surface area contributed by atoms with Crippen molar-refractivity contribution in [2.24, 2.45) is 0 Å². The van der Waals surface area contributed by atoms with Crippen LogP contribution >= 0.6 is 11.3 Å². The average molecular weight is 284 g/mol. The van der Waals surface area contributed by atoms with Crippen molar-refractivity contribution >= 4 is 11.3 Å². The number of nitrogens with one attached hydrogen (secondary N) is 2. The molecule has 3 rings (SSSR count). The number of thiazole rings is 1. The van der Waals surface area contributed by atoms with Gasteiger partial charge in [-0.2, -0.15) is 0 Å². The molecule has 5 heteroatoms. The second-order valence-electron chi connectivity index (χ2n) is 4.50. The van der Waals surface area contributed by atoms with E-state index in [0.29, 0.717) is 0 Å². The molecule has 0 aliphatic rings. The van der Waals surface area contributed by atoms with E-state index >= 15 is 0 Å². The van der Waals surface area contributed by atoms with Crippen LogP contribution in [0.25, 0.3) is 11.3 Å². The van der Waals surface area contributed by atoms with Crippen LogP contribution in [0.5, 0.6) is 0 Å². The minimum Gasteiger partial charge on any atom is -0.348 e. The van der Waals surface area contributed by atoms with Crippen LogP contribution in [0.15, 0.2) is 48.2 Å². The molecule has 0 unspecified atom stereocenters. The first-order chi connectivity index (χ1) is 9.92. The first-order valence-corrected chi connectivity index (χ1v) is 7.47. The van der Waals surface area contributed by atoms with Gasteiger partial charge in [0, 0.05) is 42.3 Å². The quantitative estimate of drug-likeness (QED) is 0.684. The maximum Gasteiger partial charge on any atom is 0.107 e. The standard InChI is InChI=1S/C15H16N4S/c1-2-4-12(5-3-1)14-10-20-15(19-14)9-16-7-6-13-8-17-11-18-13/h1-5,8,10-11,16H,6-7,9H2,(H,17,18). The summed E-state index contributed by atoms with van der Waals surface area (Å²) in [5.74, 6) is 0. The van der Waals surface area contributed by atoms with Gasteiger partial charge in [-0.3, -0.25) is 0 Å². The minimum atomic E-state index is 0.811. The zero-order valence-electron chi connectivity index (χ0n) is 11.0. The lowest BCUT2D eigenvalue weighted by Crippen LogP contribution is -2.16. The predicted octanol–water partition coefficient (Wildman–Crippen LogP) is 2.87. The van der Waals surface area contributed by atoms with E-state index in [4.69, 9.17) is 0 Å². The molecule has 3 aromatic rings. The highest BCUT2D eigenvalue weighted by Crippen LogP contribution is 2.21. The number of benzene rings is 1. The summed E-state index contributed by atoms with van der Waals surface area (Å²) in [6.07, 6.45) is 4.53. The smallest absolute Gasteiger partial charge is 0.107 e. The normalized spacial score (nSPS) is 10.8. The van der Waals surface area contributed by atoms with Crippen molar-refractivity contribution in [2.75, 3.05) is 6.54 Å². The number of rotatable bonds is 6. The number of hydrogen-bond donors (Lipinski definition) is 2. The van der Waals surface area contributed by atoms with Crippen LogP contribution in [0.4, 0.5) is 0 Å². The Bertz CT molecular complexity index is 631. The predicted molar refractivity (Wildman–Crippen MR) is 81.5 cm³/mol. The van der Waals surface area contributed by atoms with Crippen LogP contribution in [0.1, 0.15) is 10.7 Å². The van der Waals surface area contributed by atoms with Crippen molar-refractivity contribution in [1.29, 1.82) is 0 Å². The van der Waals surface area contributed by atoms with Gasteiger partial charge in [0.05, 0.1) is 12.0 Å². The number of H-pyrrole nitrogens is 1. The Morgan fingerprint density at radius 2 is 2.10 bits per heavy atom. The highest BCUT2D eigenvalue weighted by molar-refractivity contribution is 7.09. The lowest BCUT2D eigenvalue weighted by Gasteiger charge is -2.00. The Labute approximate surface area is 121 Å². The number of aromatic amines is 1. The van der Waals surface area contributed by atoms with Crippen molar-refractivity contribution < 1.29 is 0 Å². The topological polar surface area (TPSA) is 53.6 Å². The van der Waals surface area contributed by atoms with E-state index < -0.39 is 0 Å². The second kappa shape index (κ2) is 6.45. The van der Waals surface area contributed by atoms with E-state index in [1.165, 1.54) is 5.56 Å². The average Bonchev–Trinajstić information content (AvgIpc) is 3.16. The van der Waals surface area contributed by atoms with Crippen LogP contribution in [0.2, 0.25) is 0 Å². The van der Waals surface area contributed by atoms with Gasteiger partial charge in [-0.1, -0.05) is 30.3 Å². The maximum absolute atomic E-state index is 4.65. The van der Waals surface area contributed by atoms with Gasteiger partial charge in [-0.05, 0) is 0 Å². The van der Waals surface area contributed by atoms with Crippen LogP contribution in [-0.4, -0.2) is 21.5 Å². The molecule has 0 saturated heterocycles. The van der Waals surface area contributed by atoms with E-state index in [-0.39, 0.29) is 0 Å². The largest absolute Gasteiger partial charge is 0.348 e. The van der Waals surface area contributed by atoms with Crippen LogP contribution < -0.4 is 5.32 Å². The maximum atomic E-state index is 4.65. The fourth-order valence-corrected chi connectivity index (χ4v) is 2.75. The molecule has 0 bridgehead atoms. The summed E-state index contributed by atoms with van der Waals surface area (Å²) in [6, 6.07) is 10.3. The molecule has 2 N–H and O–H groups in total.